The number of aromatic nitrogens is 4. The first-order chi connectivity index (χ1) is 15.2. The number of carbonyl (C=O) groups is 1. The van der Waals surface area contributed by atoms with Gasteiger partial charge in [-0.1, -0.05) is 11.3 Å². The quantitative estimate of drug-likeness (QED) is 0.636. The molecular formula is C23H30N6O2S. The molecule has 4 heterocycles. The Hall–Kier alpha value is -2.78. The molecule has 0 saturated carbocycles. The van der Waals surface area contributed by atoms with E-state index in [1.807, 2.05) is 20.8 Å². The number of amides is 1. The summed E-state index contributed by atoms with van der Waals surface area (Å²) >= 11 is 1.66. The summed E-state index contributed by atoms with van der Waals surface area (Å²) in [5.41, 5.74) is 5.20. The predicted octanol–water partition coefficient (Wildman–Crippen LogP) is 3.41. The molecule has 1 fully saturated rings. The van der Waals surface area contributed by atoms with Gasteiger partial charge >= 0.3 is 0 Å². The molecule has 0 radical (unpaired) electrons. The Morgan fingerprint density at radius 2 is 1.75 bits per heavy atom. The lowest BCUT2D eigenvalue weighted by atomic mass is 10.1. The number of rotatable bonds is 5. The summed E-state index contributed by atoms with van der Waals surface area (Å²) < 4.78 is 7.50. The fraction of sp³-hybridized carbons (Fsp3) is 0.478. The predicted molar refractivity (Wildman–Crippen MR) is 126 cm³/mol. The molecule has 8 nitrogen and oxygen atoms in total. The van der Waals surface area contributed by atoms with Crippen molar-refractivity contribution in [2.24, 2.45) is 7.05 Å². The average Bonchev–Trinajstić information content (AvgIpc) is 3.27. The van der Waals surface area contributed by atoms with Gasteiger partial charge in [0.1, 0.15) is 5.69 Å². The van der Waals surface area contributed by atoms with Gasteiger partial charge in [0.05, 0.1) is 35.0 Å². The Kier molecular flexibility index (Phi) is 6.30. The maximum atomic E-state index is 12.8. The number of nitrogens with one attached hydrogen (secondary N) is 1. The second-order valence-corrected chi connectivity index (χ2v) is 9.53. The third kappa shape index (κ3) is 4.83. The van der Waals surface area contributed by atoms with Crippen molar-refractivity contribution in [1.82, 2.24) is 25.1 Å². The number of anilines is 1. The van der Waals surface area contributed by atoms with E-state index in [0.29, 0.717) is 12.2 Å². The van der Waals surface area contributed by atoms with E-state index in [4.69, 9.17) is 9.72 Å². The van der Waals surface area contributed by atoms with Crippen LogP contribution in [0.2, 0.25) is 0 Å². The smallest absolute Gasteiger partial charge is 0.269 e. The van der Waals surface area contributed by atoms with Crippen LogP contribution in [0.5, 0.6) is 0 Å². The topological polar surface area (TPSA) is 85.2 Å². The number of nitrogens with zero attached hydrogens (tertiary/aromatic N) is 5. The van der Waals surface area contributed by atoms with Gasteiger partial charge < -0.3 is 15.0 Å². The Morgan fingerprint density at radius 1 is 1.09 bits per heavy atom. The largest absolute Gasteiger partial charge is 0.372 e. The number of hydrogen-bond acceptors (Lipinski definition) is 7. The van der Waals surface area contributed by atoms with Crippen molar-refractivity contribution in [1.29, 1.82) is 0 Å². The van der Waals surface area contributed by atoms with Crippen molar-refractivity contribution in [3.8, 4) is 10.4 Å². The molecule has 0 aliphatic carbocycles. The Morgan fingerprint density at radius 3 is 2.34 bits per heavy atom. The molecule has 32 heavy (non-hydrogen) atoms. The van der Waals surface area contributed by atoms with Crippen LogP contribution < -0.4 is 10.2 Å². The normalized spacial score (nSPS) is 18.8. The van der Waals surface area contributed by atoms with Crippen molar-refractivity contribution < 1.29 is 9.53 Å². The minimum atomic E-state index is -0.163. The maximum absolute atomic E-state index is 12.8. The lowest BCUT2D eigenvalue weighted by Crippen LogP contribution is -2.45. The van der Waals surface area contributed by atoms with Gasteiger partial charge in [-0.25, -0.2) is 4.98 Å². The van der Waals surface area contributed by atoms with Gasteiger partial charge in [0.25, 0.3) is 5.91 Å². The van der Waals surface area contributed by atoms with E-state index in [9.17, 15) is 4.79 Å². The molecule has 3 aromatic rings. The number of carbonyl (C=O) groups excluding carboxylic acids is 1. The van der Waals surface area contributed by atoms with Crippen LogP contribution in [0.4, 0.5) is 5.13 Å². The SMILES string of the molecule is Cc1cc(-c2sc(N3C[C@@H](C)O[C@@H](C)C3)nc2CNC(=O)c2cc(C)nn2C)cc(C)n1. The van der Waals surface area contributed by atoms with E-state index >= 15 is 0 Å². The fourth-order valence-corrected chi connectivity index (χ4v) is 5.29. The van der Waals surface area contributed by atoms with E-state index < -0.39 is 0 Å². The van der Waals surface area contributed by atoms with Crippen LogP contribution >= 0.6 is 11.3 Å². The number of aryl methyl sites for hydroxylation is 4. The van der Waals surface area contributed by atoms with Gasteiger partial charge in [-0.2, -0.15) is 5.10 Å². The molecule has 0 bridgehead atoms. The highest BCUT2D eigenvalue weighted by atomic mass is 32.1. The summed E-state index contributed by atoms with van der Waals surface area (Å²) in [6.07, 6.45) is 0.292. The van der Waals surface area contributed by atoms with Crippen LogP contribution in [0.15, 0.2) is 18.2 Å². The highest BCUT2D eigenvalue weighted by Gasteiger charge is 2.26. The van der Waals surface area contributed by atoms with E-state index in [1.165, 1.54) is 0 Å². The zero-order chi connectivity index (χ0) is 23.0. The van der Waals surface area contributed by atoms with Gasteiger partial charge in [0.15, 0.2) is 5.13 Å². The number of morpholine rings is 1. The molecule has 1 N–H and O–H groups in total. The van der Waals surface area contributed by atoms with Gasteiger partial charge in [0, 0.05) is 31.5 Å². The first-order valence-electron chi connectivity index (χ1n) is 10.8. The fourth-order valence-electron chi connectivity index (χ4n) is 4.20. The van der Waals surface area contributed by atoms with Crippen LogP contribution in [-0.2, 0) is 18.3 Å². The lowest BCUT2D eigenvalue weighted by molar-refractivity contribution is -0.00523. The summed E-state index contributed by atoms with van der Waals surface area (Å²) in [7, 11) is 1.78. The van der Waals surface area contributed by atoms with Crippen LogP contribution in [0, 0.1) is 20.8 Å². The number of hydrogen-bond donors (Lipinski definition) is 1. The van der Waals surface area contributed by atoms with Crippen LogP contribution in [0.1, 0.15) is 47.1 Å². The molecule has 0 spiro atoms. The first kappa shape index (κ1) is 22.4. The molecular weight excluding hydrogens is 424 g/mol. The zero-order valence-corrected chi connectivity index (χ0v) is 20.3. The molecule has 1 amide bonds. The van der Waals surface area contributed by atoms with Crippen molar-refractivity contribution in [2.75, 3.05) is 18.0 Å². The molecule has 170 valence electrons. The second-order valence-electron chi connectivity index (χ2n) is 8.55. The van der Waals surface area contributed by atoms with Gasteiger partial charge in [-0.15, -0.1) is 0 Å². The molecule has 0 unspecified atom stereocenters. The Balaban J connectivity index is 1.65. The van der Waals surface area contributed by atoms with Gasteiger partial charge in [-0.05, 0) is 58.4 Å². The van der Waals surface area contributed by atoms with Gasteiger partial charge in [0.2, 0.25) is 0 Å². The summed E-state index contributed by atoms with van der Waals surface area (Å²) in [4.78, 5) is 25.6. The third-order valence-corrected chi connectivity index (χ3v) is 6.58. The Bertz CT molecular complexity index is 1110. The molecule has 3 aromatic heterocycles. The minimum absolute atomic E-state index is 0.146. The highest BCUT2D eigenvalue weighted by molar-refractivity contribution is 7.19. The molecule has 2 atom stereocenters. The second kappa shape index (κ2) is 8.99. The van der Waals surface area contributed by atoms with Crippen LogP contribution in [-0.4, -0.2) is 51.0 Å². The average molecular weight is 455 g/mol. The first-order valence-corrected chi connectivity index (χ1v) is 11.7. The van der Waals surface area contributed by atoms with Crippen molar-refractivity contribution in [2.45, 2.75) is 53.4 Å². The summed E-state index contributed by atoms with van der Waals surface area (Å²) in [5.74, 6) is -0.163. The van der Waals surface area contributed by atoms with Crippen molar-refractivity contribution in [3.05, 3.63) is 46.7 Å². The van der Waals surface area contributed by atoms with E-state index in [2.05, 4.69) is 46.3 Å². The number of pyridine rings is 1. The van der Waals surface area contributed by atoms with Crippen molar-refractivity contribution in [3.63, 3.8) is 0 Å². The molecule has 9 heteroatoms. The van der Waals surface area contributed by atoms with E-state index in [-0.39, 0.29) is 18.1 Å². The minimum Gasteiger partial charge on any atom is -0.372 e. The van der Waals surface area contributed by atoms with E-state index in [1.54, 1.807) is 29.1 Å². The third-order valence-electron chi connectivity index (χ3n) is 5.37. The molecule has 1 saturated heterocycles. The molecule has 4 rings (SSSR count). The zero-order valence-electron chi connectivity index (χ0n) is 19.5. The monoisotopic (exact) mass is 454 g/mol. The summed E-state index contributed by atoms with van der Waals surface area (Å²) in [5, 5.41) is 8.25. The molecule has 1 aliphatic heterocycles. The van der Waals surface area contributed by atoms with Crippen molar-refractivity contribution >= 4 is 22.4 Å². The van der Waals surface area contributed by atoms with E-state index in [0.717, 1.165) is 51.4 Å². The van der Waals surface area contributed by atoms with Crippen LogP contribution in [0.3, 0.4) is 0 Å². The standard InChI is InChI=1S/C23H30N6O2S/c1-13-7-18(8-14(2)25-13)21-19(10-24-22(30)20-9-15(3)27-28(20)6)26-23(32-21)29-11-16(4)31-17(5)12-29/h7-9,16-17H,10-12H2,1-6H3,(H,24,30)/t16-,17+. The maximum Gasteiger partial charge on any atom is 0.269 e. The molecule has 0 aromatic carbocycles. The number of ether oxygens (including phenoxy) is 1. The van der Waals surface area contributed by atoms with Gasteiger partial charge in [-0.3, -0.25) is 14.5 Å². The summed E-state index contributed by atoms with van der Waals surface area (Å²) in [6, 6.07) is 5.93. The summed E-state index contributed by atoms with van der Waals surface area (Å²) in [6.45, 7) is 12.0. The number of thiazole rings is 1. The lowest BCUT2D eigenvalue weighted by Gasteiger charge is -2.35. The molecule has 1 aliphatic rings. The highest BCUT2D eigenvalue weighted by Crippen LogP contribution is 2.36. The Labute approximate surface area is 192 Å². The van der Waals surface area contributed by atoms with Crippen LogP contribution in [0.25, 0.3) is 10.4 Å².